The summed E-state index contributed by atoms with van der Waals surface area (Å²) in [6.07, 6.45) is 2.74. The fourth-order valence-corrected chi connectivity index (χ4v) is 3.09. The second-order valence-electron chi connectivity index (χ2n) is 7.31. The summed E-state index contributed by atoms with van der Waals surface area (Å²) in [5.41, 5.74) is 2.02. The Balaban J connectivity index is 1.51. The summed E-state index contributed by atoms with van der Waals surface area (Å²) >= 11 is 0. The Hall–Kier alpha value is -2.77. The van der Waals surface area contributed by atoms with Crippen LogP contribution in [0.15, 0.2) is 54.9 Å². The Morgan fingerprint density at radius 2 is 1.79 bits per heavy atom. The van der Waals surface area contributed by atoms with Crippen LogP contribution in [0.1, 0.15) is 31.4 Å². The smallest absolute Gasteiger partial charge is 0.338 e. The highest BCUT2D eigenvalue weighted by Gasteiger charge is 2.49. The molecule has 1 amide bonds. The zero-order chi connectivity index (χ0) is 20.7. The lowest BCUT2D eigenvalue weighted by Crippen LogP contribution is -2.44. The number of hydrogen-bond donors (Lipinski definition) is 1. The van der Waals surface area contributed by atoms with E-state index in [0.717, 1.165) is 17.5 Å². The van der Waals surface area contributed by atoms with Gasteiger partial charge < -0.3 is 19.5 Å². The first-order chi connectivity index (χ1) is 13.9. The van der Waals surface area contributed by atoms with Crippen LogP contribution in [0.4, 0.5) is 0 Å². The third-order valence-electron chi connectivity index (χ3n) is 4.47. The average molecular weight is 398 g/mol. The molecule has 1 saturated heterocycles. The molecule has 0 saturated carbocycles. The molecule has 1 aliphatic rings. The van der Waals surface area contributed by atoms with Gasteiger partial charge >= 0.3 is 5.97 Å². The maximum atomic E-state index is 12.6. The first kappa shape index (κ1) is 21.0. The average Bonchev–Trinajstić information content (AvgIpc) is 3.06. The van der Waals surface area contributed by atoms with Crippen molar-refractivity contribution >= 4 is 11.9 Å². The summed E-state index contributed by atoms with van der Waals surface area (Å²) < 4.78 is 16.6. The fraction of sp³-hybridized carbons (Fsp3) is 0.409. The number of carbonyl (C=O) groups excluding carboxylic acids is 2. The number of aryl methyl sites for hydroxylation is 1. The Bertz CT molecular complexity index is 810. The number of amides is 1. The summed E-state index contributed by atoms with van der Waals surface area (Å²) in [7, 11) is 0. The van der Waals surface area contributed by atoms with E-state index in [9.17, 15) is 9.59 Å². The van der Waals surface area contributed by atoms with Gasteiger partial charge in [-0.3, -0.25) is 9.78 Å². The molecular formula is C22H26N2O5. The van der Waals surface area contributed by atoms with E-state index in [1.807, 2.05) is 42.5 Å². The van der Waals surface area contributed by atoms with Crippen molar-refractivity contribution in [2.45, 2.75) is 51.2 Å². The Kier molecular flexibility index (Phi) is 6.95. The van der Waals surface area contributed by atoms with Crippen LogP contribution < -0.4 is 5.32 Å². The number of nitrogens with zero attached hydrogens (tertiary/aromatic N) is 1. The van der Waals surface area contributed by atoms with Crippen LogP contribution in [0.3, 0.4) is 0 Å². The van der Waals surface area contributed by atoms with Crippen molar-refractivity contribution in [3.63, 3.8) is 0 Å². The molecule has 0 spiro atoms. The van der Waals surface area contributed by atoms with Gasteiger partial charge in [-0.2, -0.15) is 0 Å². The number of aromatic nitrogens is 1. The van der Waals surface area contributed by atoms with Crippen LogP contribution >= 0.6 is 0 Å². The predicted octanol–water partition coefficient (Wildman–Crippen LogP) is 2.39. The van der Waals surface area contributed by atoms with Gasteiger partial charge in [-0.05, 0) is 43.9 Å². The molecule has 0 unspecified atom stereocenters. The summed E-state index contributed by atoms with van der Waals surface area (Å²) in [6.45, 7) is 3.90. The van der Waals surface area contributed by atoms with Gasteiger partial charge in [0.1, 0.15) is 0 Å². The maximum absolute atomic E-state index is 12.6. The minimum Gasteiger partial charge on any atom is -0.464 e. The van der Waals surface area contributed by atoms with Gasteiger partial charge in [-0.1, -0.05) is 36.4 Å². The molecule has 7 nitrogen and oxygen atoms in total. The summed E-state index contributed by atoms with van der Waals surface area (Å²) in [5, 5.41) is 2.79. The van der Waals surface area contributed by atoms with E-state index >= 15 is 0 Å². The summed E-state index contributed by atoms with van der Waals surface area (Å²) in [4.78, 5) is 29.2. The van der Waals surface area contributed by atoms with Crippen LogP contribution in [-0.2, 0) is 36.8 Å². The van der Waals surface area contributed by atoms with Crippen LogP contribution in [-0.4, -0.2) is 41.5 Å². The van der Waals surface area contributed by atoms with Gasteiger partial charge in [-0.25, -0.2) is 4.79 Å². The first-order valence-corrected chi connectivity index (χ1v) is 9.67. The number of rotatable bonds is 8. The highest BCUT2D eigenvalue weighted by atomic mass is 16.8. The Morgan fingerprint density at radius 3 is 2.52 bits per heavy atom. The first-order valence-electron chi connectivity index (χ1n) is 9.67. The largest absolute Gasteiger partial charge is 0.464 e. The lowest BCUT2D eigenvalue weighted by molar-refractivity contribution is -0.170. The molecule has 0 bridgehead atoms. The zero-order valence-corrected chi connectivity index (χ0v) is 16.7. The number of benzene rings is 1. The third kappa shape index (κ3) is 6.10. The Labute approximate surface area is 170 Å². The highest BCUT2D eigenvalue weighted by Crippen LogP contribution is 2.29. The number of esters is 1. The van der Waals surface area contributed by atoms with Crippen molar-refractivity contribution in [1.29, 1.82) is 0 Å². The lowest BCUT2D eigenvalue weighted by Gasteiger charge is -2.16. The van der Waals surface area contributed by atoms with E-state index < -0.39 is 29.9 Å². The molecule has 1 aromatic heterocycles. The van der Waals surface area contributed by atoms with Crippen LogP contribution in [0.2, 0.25) is 0 Å². The molecule has 3 rings (SSSR count). The number of pyridine rings is 1. The molecular weight excluding hydrogens is 372 g/mol. The van der Waals surface area contributed by atoms with Crippen molar-refractivity contribution in [1.82, 2.24) is 10.3 Å². The topological polar surface area (TPSA) is 86.8 Å². The number of hydrogen-bond acceptors (Lipinski definition) is 6. The molecule has 29 heavy (non-hydrogen) atoms. The summed E-state index contributed by atoms with van der Waals surface area (Å²) in [6, 6.07) is 13.3. The van der Waals surface area contributed by atoms with Crippen LogP contribution in [0, 0.1) is 0 Å². The van der Waals surface area contributed by atoms with Gasteiger partial charge in [0.15, 0.2) is 18.0 Å². The van der Waals surface area contributed by atoms with Gasteiger partial charge in [0.05, 0.1) is 6.61 Å². The lowest BCUT2D eigenvalue weighted by atomic mass is 10.1. The zero-order valence-electron chi connectivity index (χ0n) is 16.7. The highest BCUT2D eigenvalue weighted by molar-refractivity contribution is 5.89. The van der Waals surface area contributed by atoms with Gasteiger partial charge in [0.2, 0.25) is 0 Å². The standard InChI is InChI=1S/C22H26N2O5/c1-22(2)28-18(20(25)24-15-17-8-4-3-5-9-17)19(29-22)21(26)27-13-7-11-16-10-6-12-23-14-16/h3-6,8-10,12,14,18-19H,7,11,13,15H2,1-2H3,(H,24,25)/t18-,19-/m1/s1. The predicted molar refractivity (Wildman–Crippen MR) is 106 cm³/mol. The van der Waals surface area contributed by atoms with E-state index in [4.69, 9.17) is 14.2 Å². The molecule has 1 N–H and O–H groups in total. The second kappa shape index (κ2) is 9.62. The minimum atomic E-state index is -1.10. The number of ether oxygens (including phenoxy) is 3. The Morgan fingerprint density at radius 1 is 1.07 bits per heavy atom. The normalized spacial score (nSPS) is 20.2. The van der Waals surface area contributed by atoms with Crippen molar-refractivity contribution < 1.29 is 23.8 Å². The molecule has 7 heteroatoms. The molecule has 2 atom stereocenters. The van der Waals surface area contributed by atoms with Crippen LogP contribution in [0.25, 0.3) is 0 Å². The molecule has 2 heterocycles. The van der Waals surface area contributed by atoms with Crippen molar-refractivity contribution in [2.24, 2.45) is 0 Å². The van der Waals surface area contributed by atoms with Crippen molar-refractivity contribution in [2.75, 3.05) is 6.61 Å². The number of carbonyl (C=O) groups is 2. The SMILES string of the molecule is CC1(C)O[C@@H](C(=O)NCc2ccccc2)[C@H](C(=O)OCCCc2cccnc2)O1. The third-order valence-corrected chi connectivity index (χ3v) is 4.47. The van der Waals surface area contributed by atoms with E-state index in [1.54, 1.807) is 26.2 Å². The molecule has 0 aliphatic carbocycles. The van der Waals surface area contributed by atoms with Gasteiger partial charge in [0, 0.05) is 18.9 Å². The molecule has 1 fully saturated rings. The van der Waals surface area contributed by atoms with Crippen molar-refractivity contribution in [3.05, 3.63) is 66.0 Å². The number of nitrogens with one attached hydrogen (secondary N) is 1. The van der Waals surface area contributed by atoms with Crippen LogP contribution in [0.5, 0.6) is 0 Å². The summed E-state index contributed by atoms with van der Waals surface area (Å²) in [5.74, 6) is -2.05. The minimum absolute atomic E-state index is 0.229. The monoisotopic (exact) mass is 398 g/mol. The van der Waals surface area contributed by atoms with Gasteiger partial charge in [-0.15, -0.1) is 0 Å². The molecule has 0 radical (unpaired) electrons. The quantitative estimate of drug-likeness (QED) is 0.543. The van der Waals surface area contributed by atoms with E-state index in [0.29, 0.717) is 13.0 Å². The van der Waals surface area contributed by atoms with Crippen molar-refractivity contribution in [3.8, 4) is 0 Å². The maximum Gasteiger partial charge on any atom is 0.338 e. The molecule has 2 aromatic rings. The van der Waals surface area contributed by atoms with E-state index in [-0.39, 0.29) is 6.61 Å². The molecule has 154 valence electrons. The molecule has 1 aromatic carbocycles. The van der Waals surface area contributed by atoms with E-state index in [1.165, 1.54) is 0 Å². The van der Waals surface area contributed by atoms with Gasteiger partial charge in [0.25, 0.3) is 5.91 Å². The fourth-order valence-electron chi connectivity index (χ4n) is 3.09. The van der Waals surface area contributed by atoms with E-state index in [2.05, 4.69) is 10.3 Å². The molecule has 1 aliphatic heterocycles. The second-order valence-corrected chi connectivity index (χ2v) is 7.31.